The third kappa shape index (κ3) is 5.84. The van der Waals surface area contributed by atoms with Crippen molar-refractivity contribution in [3.8, 4) is 0 Å². The van der Waals surface area contributed by atoms with E-state index in [1.807, 2.05) is 6.33 Å². The normalized spacial score (nSPS) is 25.4. The molecule has 45 heavy (non-hydrogen) atoms. The number of aromatic nitrogens is 3. The van der Waals surface area contributed by atoms with Gasteiger partial charge in [-0.2, -0.15) is 9.67 Å². The Labute approximate surface area is 271 Å². The van der Waals surface area contributed by atoms with Crippen LogP contribution in [0.15, 0.2) is 85.5 Å². The molecule has 0 amide bonds. The Balaban J connectivity index is 1.32. The van der Waals surface area contributed by atoms with E-state index < -0.39 is 0 Å². The molecule has 2 aromatic carbocycles. The van der Waals surface area contributed by atoms with Gasteiger partial charge in [0.15, 0.2) is 5.71 Å². The van der Waals surface area contributed by atoms with Crippen LogP contribution >= 0.6 is 0 Å². The van der Waals surface area contributed by atoms with Crippen molar-refractivity contribution in [1.29, 1.82) is 0 Å². The van der Waals surface area contributed by atoms with Gasteiger partial charge in [0.05, 0.1) is 17.5 Å². The van der Waals surface area contributed by atoms with Crippen LogP contribution in [0.2, 0.25) is 0 Å². The molecule has 0 spiro atoms. The SMILES string of the molecule is CCCCN1c2ccccc2C(C)(C)C1C=CC1CCCC(C=CC2=[N+](CCCC)c3ccccc3C2(C)C)C1n1cncn1. The van der Waals surface area contributed by atoms with E-state index in [-0.39, 0.29) is 16.9 Å². The molecule has 1 aliphatic carbocycles. The van der Waals surface area contributed by atoms with Crippen LogP contribution in [0, 0.1) is 11.8 Å². The second-order valence-corrected chi connectivity index (χ2v) is 14.6. The standard InChI is InChI=1S/C40H54N5/c1-7-9-26-43-34-20-13-11-18-32(34)39(3,4)36(43)24-22-30-16-15-17-31(38(30)45-29-41-28-42-45)23-25-37-40(5,6)33-19-12-14-21-35(33)44(37)27-10-8-2/h11-14,18-25,28-31,36,38H,7-10,15-17,26-27H2,1-6H3/q+1. The highest BCUT2D eigenvalue weighted by Crippen LogP contribution is 2.47. The highest BCUT2D eigenvalue weighted by molar-refractivity contribution is 6.03. The average Bonchev–Trinajstić information content (AvgIpc) is 3.70. The summed E-state index contributed by atoms with van der Waals surface area (Å²) in [7, 11) is 0. The van der Waals surface area contributed by atoms with Crippen molar-refractivity contribution < 1.29 is 4.58 Å². The van der Waals surface area contributed by atoms with Gasteiger partial charge in [-0.3, -0.25) is 0 Å². The fourth-order valence-electron chi connectivity index (χ4n) is 8.49. The summed E-state index contributed by atoms with van der Waals surface area (Å²) < 4.78 is 4.74. The van der Waals surface area contributed by atoms with E-state index in [2.05, 4.69) is 134 Å². The van der Waals surface area contributed by atoms with Crippen molar-refractivity contribution in [3.63, 3.8) is 0 Å². The monoisotopic (exact) mass is 604 g/mol. The van der Waals surface area contributed by atoms with Gasteiger partial charge in [-0.15, -0.1) is 0 Å². The lowest BCUT2D eigenvalue weighted by Crippen LogP contribution is -2.41. The van der Waals surface area contributed by atoms with E-state index in [0.29, 0.717) is 17.9 Å². The summed E-state index contributed by atoms with van der Waals surface area (Å²) in [4.78, 5) is 7.08. The van der Waals surface area contributed by atoms with Crippen LogP contribution in [0.25, 0.3) is 0 Å². The van der Waals surface area contributed by atoms with Gasteiger partial charge in [-0.05, 0) is 50.7 Å². The first kappa shape index (κ1) is 31.5. The highest BCUT2D eigenvalue weighted by atomic mass is 15.3. The summed E-state index contributed by atoms with van der Waals surface area (Å²) >= 11 is 0. The van der Waals surface area contributed by atoms with E-state index in [1.54, 1.807) is 6.33 Å². The number of anilines is 1. The Morgan fingerprint density at radius 2 is 1.58 bits per heavy atom. The van der Waals surface area contributed by atoms with Crippen molar-refractivity contribution in [2.24, 2.45) is 11.8 Å². The number of hydrogen-bond donors (Lipinski definition) is 0. The minimum Gasteiger partial charge on any atom is -0.364 e. The minimum absolute atomic E-state index is 0.0252. The Bertz CT molecular complexity index is 1540. The Kier molecular flexibility index (Phi) is 9.17. The number of rotatable bonds is 11. The van der Waals surface area contributed by atoms with Gasteiger partial charge in [-0.1, -0.05) is 102 Å². The molecule has 3 aliphatic rings. The van der Waals surface area contributed by atoms with Gasteiger partial charge in [0.25, 0.3) is 0 Å². The molecular weight excluding hydrogens is 550 g/mol. The van der Waals surface area contributed by atoms with Gasteiger partial charge in [0.1, 0.15) is 19.2 Å². The number of unbranched alkanes of at least 4 members (excludes halogenated alkanes) is 2. The molecule has 5 heteroatoms. The second kappa shape index (κ2) is 13.1. The predicted octanol–water partition coefficient (Wildman–Crippen LogP) is 9.19. The molecule has 4 atom stereocenters. The molecule has 2 aliphatic heterocycles. The zero-order valence-corrected chi connectivity index (χ0v) is 28.5. The first-order valence-corrected chi connectivity index (χ1v) is 17.6. The van der Waals surface area contributed by atoms with Crippen LogP contribution in [-0.2, 0) is 10.8 Å². The molecule has 4 unspecified atom stereocenters. The van der Waals surface area contributed by atoms with Crippen LogP contribution < -0.4 is 4.90 Å². The molecule has 0 saturated heterocycles. The molecule has 238 valence electrons. The molecule has 0 bridgehead atoms. The summed E-state index contributed by atoms with van der Waals surface area (Å²) in [5.41, 5.74) is 7.14. The van der Waals surface area contributed by atoms with Crippen molar-refractivity contribution in [2.75, 3.05) is 18.0 Å². The second-order valence-electron chi connectivity index (χ2n) is 14.6. The number of nitrogens with zero attached hydrogens (tertiary/aromatic N) is 5. The maximum Gasteiger partial charge on any atom is 0.209 e. The summed E-state index contributed by atoms with van der Waals surface area (Å²) in [5, 5.41) is 4.74. The lowest BCUT2D eigenvalue weighted by molar-refractivity contribution is -0.438. The molecule has 0 radical (unpaired) electrons. The molecule has 3 heterocycles. The van der Waals surface area contributed by atoms with Crippen LogP contribution in [0.1, 0.15) is 104 Å². The number of allylic oxidation sites excluding steroid dienone is 3. The largest absolute Gasteiger partial charge is 0.364 e. The molecule has 6 rings (SSSR count). The fourth-order valence-corrected chi connectivity index (χ4v) is 8.49. The summed E-state index contributed by atoms with van der Waals surface area (Å²) in [6.45, 7) is 16.4. The zero-order valence-electron chi connectivity index (χ0n) is 28.5. The summed E-state index contributed by atoms with van der Waals surface area (Å²) in [6.07, 6.45) is 22.1. The quantitative estimate of drug-likeness (QED) is 0.162. The zero-order chi connectivity index (χ0) is 31.6. The van der Waals surface area contributed by atoms with Crippen molar-refractivity contribution in [1.82, 2.24) is 14.8 Å². The first-order valence-electron chi connectivity index (χ1n) is 17.6. The van der Waals surface area contributed by atoms with Gasteiger partial charge >= 0.3 is 0 Å². The lowest BCUT2D eigenvalue weighted by Gasteiger charge is -2.37. The average molecular weight is 605 g/mol. The van der Waals surface area contributed by atoms with Crippen molar-refractivity contribution in [2.45, 2.75) is 109 Å². The summed E-state index contributed by atoms with van der Waals surface area (Å²) in [5.74, 6) is 0.790. The topological polar surface area (TPSA) is 37.0 Å². The smallest absolute Gasteiger partial charge is 0.209 e. The van der Waals surface area contributed by atoms with Gasteiger partial charge in [-0.25, -0.2) is 9.67 Å². The maximum atomic E-state index is 4.74. The third-order valence-electron chi connectivity index (χ3n) is 11.0. The predicted molar refractivity (Wildman–Crippen MR) is 188 cm³/mol. The Hall–Kier alpha value is -3.47. The first-order chi connectivity index (χ1) is 21.8. The molecule has 5 nitrogen and oxygen atoms in total. The Morgan fingerprint density at radius 1 is 0.867 bits per heavy atom. The van der Waals surface area contributed by atoms with E-state index in [9.17, 15) is 0 Å². The van der Waals surface area contributed by atoms with Crippen molar-refractivity contribution in [3.05, 3.63) is 96.6 Å². The summed E-state index contributed by atoms with van der Waals surface area (Å²) in [6, 6.07) is 18.7. The van der Waals surface area contributed by atoms with E-state index >= 15 is 0 Å². The number of para-hydroxylation sites is 2. The van der Waals surface area contributed by atoms with Crippen LogP contribution in [-0.4, -0.2) is 44.2 Å². The molecule has 1 fully saturated rings. The Morgan fingerprint density at radius 3 is 2.31 bits per heavy atom. The van der Waals surface area contributed by atoms with Crippen LogP contribution in [0.4, 0.5) is 11.4 Å². The number of hydrogen-bond acceptors (Lipinski definition) is 3. The third-order valence-corrected chi connectivity index (χ3v) is 11.0. The van der Waals surface area contributed by atoms with E-state index in [0.717, 1.165) is 13.1 Å². The molecule has 0 N–H and O–H groups in total. The lowest BCUT2D eigenvalue weighted by atomic mass is 9.74. The number of benzene rings is 2. The fraction of sp³-hybridized carbons (Fsp3) is 0.525. The highest BCUT2D eigenvalue weighted by Gasteiger charge is 2.45. The van der Waals surface area contributed by atoms with Gasteiger partial charge < -0.3 is 4.90 Å². The van der Waals surface area contributed by atoms with E-state index in [1.165, 1.54) is 73.2 Å². The molecule has 1 saturated carbocycles. The van der Waals surface area contributed by atoms with E-state index in [4.69, 9.17) is 5.10 Å². The maximum absolute atomic E-state index is 4.74. The minimum atomic E-state index is -0.0252. The van der Waals surface area contributed by atoms with Gasteiger partial charge in [0, 0.05) is 47.7 Å². The van der Waals surface area contributed by atoms with Crippen LogP contribution in [0.3, 0.4) is 0 Å². The molecular formula is C40H54N5+. The molecule has 3 aromatic rings. The molecule has 1 aromatic heterocycles. The van der Waals surface area contributed by atoms with Gasteiger partial charge in [0.2, 0.25) is 5.69 Å². The van der Waals surface area contributed by atoms with Crippen LogP contribution in [0.5, 0.6) is 0 Å². The van der Waals surface area contributed by atoms with Crippen molar-refractivity contribution >= 4 is 17.1 Å². The number of fused-ring (bicyclic) bond motifs is 2.